The van der Waals surface area contributed by atoms with Gasteiger partial charge in [0.05, 0.1) is 18.3 Å². The van der Waals surface area contributed by atoms with Gasteiger partial charge in [0, 0.05) is 36.0 Å². The number of aliphatic hydroxyl groups is 2. The SMILES string of the molecule is CC(C)=CCC/C(C)=C/CN1C(=O)[C@@](O)([C@@H](C)/C=C/CC(=O)N2CCC[C@H]2CO)c2cc(Cl)ccc21. The molecule has 0 spiro atoms. The van der Waals surface area contributed by atoms with Gasteiger partial charge in [0.25, 0.3) is 5.91 Å². The highest BCUT2D eigenvalue weighted by Crippen LogP contribution is 2.46. The van der Waals surface area contributed by atoms with E-state index in [4.69, 9.17) is 11.6 Å². The van der Waals surface area contributed by atoms with Crippen LogP contribution in [0.25, 0.3) is 0 Å². The standard InChI is InChI=1S/C29H39ClN2O4/c1-20(2)8-5-9-21(3)15-17-32-26-14-13-23(30)18-25(26)29(36,28(32)35)22(4)10-6-12-27(34)31-16-7-11-24(31)19-33/h6,8,10,13-15,18,22,24,33,36H,5,7,9,11-12,16-17,19H2,1-4H3/b10-6+,21-15+/t22-,24-,29+/m0/s1. The number of rotatable bonds is 10. The third kappa shape index (κ3) is 6.10. The molecule has 6 nitrogen and oxygen atoms in total. The number of halogens is 1. The summed E-state index contributed by atoms with van der Waals surface area (Å²) in [5.41, 5.74) is 1.83. The quantitative estimate of drug-likeness (QED) is 0.424. The molecule has 3 atom stereocenters. The van der Waals surface area contributed by atoms with Gasteiger partial charge in [-0.25, -0.2) is 0 Å². The summed E-state index contributed by atoms with van der Waals surface area (Å²) in [7, 11) is 0. The first kappa shape index (κ1) is 28.2. The van der Waals surface area contributed by atoms with E-state index < -0.39 is 17.4 Å². The number of hydrogen-bond acceptors (Lipinski definition) is 4. The van der Waals surface area contributed by atoms with Gasteiger partial charge in [-0.3, -0.25) is 9.59 Å². The zero-order chi connectivity index (χ0) is 26.5. The average molecular weight is 515 g/mol. The smallest absolute Gasteiger partial charge is 0.264 e. The molecule has 3 rings (SSSR count). The first-order chi connectivity index (χ1) is 17.1. The third-order valence-electron chi connectivity index (χ3n) is 7.23. The Labute approximate surface area is 219 Å². The van der Waals surface area contributed by atoms with Gasteiger partial charge in [0.2, 0.25) is 5.91 Å². The van der Waals surface area contributed by atoms with E-state index in [2.05, 4.69) is 26.8 Å². The average Bonchev–Trinajstić information content (AvgIpc) is 3.39. The number of hydrogen-bond donors (Lipinski definition) is 2. The van der Waals surface area contributed by atoms with E-state index in [0.717, 1.165) is 25.7 Å². The highest BCUT2D eigenvalue weighted by molar-refractivity contribution is 6.31. The van der Waals surface area contributed by atoms with Gasteiger partial charge in [-0.1, -0.05) is 54.0 Å². The molecule has 1 aromatic rings. The predicted molar refractivity (Wildman–Crippen MR) is 145 cm³/mol. The van der Waals surface area contributed by atoms with Crippen LogP contribution in [0.5, 0.6) is 0 Å². The first-order valence-corrected chi connectivity index (χ1v) is 13.2. The molecule has 0 saturated carbocycles. The van der Waals surface area contributed by atoms with Crippen LogP contribution in [-0.4, -0.2) is 52.7 Å². The predicted octanol–water partition coefficient (Wildman–Crippen LogP) is 5.13. The van der Waals surface area contributed by atoms with Gasteiger partial charge >= 0.3 is 0 Å². The number of likely N-dealkylation sites (tertiary alicyclic amines) is 1. The molecule has 2 aliphatic rings. The van der Waals surface area contributed by atoms with E-state index in [-0.39, 0.29) is 25.0 Å². The summed E-state index contributed by atoms with van der Waals surface area (Å²) in [4.78, 5) is 29.5. The van der Waals surface area contributed by atoms with E-state index in [1.807, 2.05) is 6.08 Å². The molecule has 36 heavy (non-hydrogen) atoms. The van der Waals surface area contributed by atoms with Crippen molar-refractivity contribution in [2.45, 2.75) is 71.4 Å². The molecule has 1 fully saturated rings. The molecule has 2 amide bonds. The number of aliphatic hydroxyl groups excluding tert-OH is 1. The fourth-order valence-corrected chi connectivity index (χ4v) is 5.19. The summed E-state index contributed by atoms with van der Waals surface area (Å²) in [6.45, 7) is 8.97. The summed E-state index contributed by atoms with van der Waals surface area (Å²) in [5, 5.41) is 21.7. The van der Waals surface area contributed by atoms with Crippen LogP contribution < -0.4 is 4.90 Å². The fourth-order valence-electron chi connectivity index (χ4n) is 5.02. The van der Waals surface area contributed by atoms with Crippen molar-refractivity contribution in [1.29, 1.82) is 0 Å². The highest BCUT2D eigenvalue weighted by Gasteiger charge is 2.52. The minimum atomic E-state index is -1.77. The molecule has 7 heteroatoms. The van der Waals surface area contributed by atoms with Crippen LogP contribution in [0.2, 0.25) is 5.02 Å². The molecule has 1 aromatic carbocycles. The van der Waals surface area contributed by atoms with E-state index in [1.165, 1.54) is 11.1 Å². The van der Waals surface area contributed by atoms with Crippen molar-refractivity contribution >= 4 is 29.1 Å². The Hall–Kier alpha value is -2.41. The second-order valence-electron chi connectivity index (χ2n) is 10.2. The van der Waals surface area contributed by atoms with Crippen LogP contribution in [0, 0.1) is 5.92 Å². The van der Waals surface area contributed by atoms with Crippen molar-refractivity contribution in [2.75, 3.05) is 24.6 Å². The largest absolute Gasteiger partial charge is 0.394 e. The molecule has 1 saturated heterocycles. The lowest BCUT2D eigenvalue weighted by Crippen LogP contribution is -2.44. The van der Waals surface area contributed by atoms with E-state index in [0.29, 0.717) is 29.4 Å². The lowest BCUT2D eigenvalue weighted by molar-refractivity contribution is -0.139. The lowest BCUT2D eigenvalue weighted by Gasteiger charge is -2.27. The zero-order valence-corrected chi connectivity index (χ0v) is 22.6. The van der Waals surface area contributed by atoms with Crippen molar-refractivity contribution in [2.24, 2.45) is 5.92 Å². The maximum absolute atomic E-state index is 13.6. The first-order valence-electron chi connectivity index (χ1n) is 12.8. The van der Waals surface area contributed by atoms with Crippen molar-refractivity contribution < 1.29 is 19.8 Å². The number of amides is 2. The summed E-state index contributed by atoms with van der Waals surface area (Å²) in [5.74, 6) is -1.02. The number of anilines is 1. The molecular formula is C29H39ClN2O4. The number of fused-ring (bicyclic) bond motifs is 1. The van der Waals surface area contributed by atoms with Gasteiger partial charge in [-0.15, -0.1) is 0 Å². The van der Waals surface area contributed by atoms with Gasteiger partial charge in [-0.2, -0.15) is 0 Å². The number of carbonyl (C=O) groups excluding carboxylic acids is 2. The van der Waals surface area contributed by atoms with Crippen molar-refractivity contribution in [3.63, 3.8) is 0 Å². The minimum absolute atomic E-state index is 0.0314. The Balaban J connectivity index is 1.76. The third-order valence-corrected chi connectivity index (χ3v) is 7.46. The summed E-state index contributed by atoms with van der Waals surface area (Å²) >= 11 is 6.26. The van der Waals surface area contributed by atoms with Crippen LogP contribution in [-0.2, 0) is 15.2 Å². The Morgan fingerprint density at radius 3 is 2.72 bits per heavy atom. The van der Waals surface area contributed by atoms with Crippen LogP contribution in [0.3, 0.4) is 0 Å². The Kier molecular flexibility index (Phi) is 9.56. The summed E-state index contributed by atoms with van der Waals surface area (Å²) in [6, 6.07) is 5.04. The highest BCUT2D eigenvalue weighted by atomic mass is 35.5. The molecule has 2 heterocycles. The van der Waals surface area contributed by atoms with Gasteiger partial charge in [-0.05, 0) is 64.7 Å². The van der Waals surface area contributed by atoms with Crippen LogP contribution in [0.4, 0.5) is 5.69 Å². The molecule has 0 unspecified atom stereocenters. The zero-order valence-electron chi connectivity index (χ0n) is 21.8. The van der Waals surface area contributed by atoms with E-state index >= 15 is 0 Å². The fraction of sp³-hybridized carbons (Fsp3) is 0.517. The van der Waals surface area contributed by atoms with Crippen LogP contribution in [0.15, 0.2) is 53.6 Å². The van der Waals surface area contributed by atoms with E-state index in [9.17, 15) is 19.8 Å². The maximum atomic E-state index is 13.6. The van der Waals surface area contributed by atoms with Crippen molar-refractivity contribution in [3.05, 3.63) is 64.2 Å². The Morgan fingerprint density at radius 1 is 1.28 bits per heavy atom. The normalized spacial score (nSPS) is 22.9. The summed E-state index contributed by atoms with van der Waals surface area (Å²) < 4.78 is 0. The molecular weight excluding hydrogens is 476 g/mol. The van der Waals surface area contributed by atoms with Gasteiger partial charge < -0.3 is 20.0 Å². The number of carbonyl (C=O) groups is 2. The summed E-state index contributed by atoms with van der Waals surface area (Å²) in [6.07, 6.45) is 11.4. The molecule has 2 aliphatic heterocycles. The second-order valence-corrected chi connectivity index (χ2v) is 10.6. The monoisotopic (exact) mass is 514 g/mol. The topological polar surface area (TPSA) is 81.1 Å². The molecule has 0 aliphatic carbocycles. The van der Waals surface area contributed by atoms with Crippen LogP contribution in [0.1, 0.15) is 65.4 Å². The number of benzene rings is 1. The molecule has 0 bridgehead atoms. The molecule has 0 aromatic heterocycles. The molecule has 2 N–H and O–H groups in total. The number of allylic oxidation sites excluding steroid dienone is 3. The minimum Gasteiger partial charge on any atom is -0.394 e. The lowest BCUT2D eigenvalue weighted by atomic mass is 9.83. The molecule has 0 radical (unpaired) electrons. The Morgan fingerprint density at radius 2 is 2.03 bits per heavy atom. The Bertz CT molecular complexity index is 1060. The molecule has 196 valence electrons. The van der Waals surface area contributed by atoms with Crippen molar-refractivity contribution in [3.8, 4) is 0 Å². The van der Waals surface area contributed by atoms with Crippen LogP contribution >= 0.6 is 11.6 Å². The van der Waals surface area contributed by atoms with Gasteiger partial charge in [0.1, 0.15) is 0 Å². The van der Waals surface area contributed by atoms with Gasteiger partial charge in [0.15, 0.2) is 5.60 Å². The maximum Gasteiger partial charge on any atom is 0.264 e. The second kappa shape index (κ2) is 12.2. The number of nitrogens with zero attached hydrogens (tertiary/aromatic N) is 2. The van der Waals surface area contributed by atoms with E-state index in [1.54, 1.807) is 47.1 Å². The van der Waals surface area contributed by atoms with Crippen molar-refractivity contribution in [1.82, 2.24) is 4.90 Å².